The van der Waals surface area contributed by atoms with Crippen LogP contribution >= 0.6 is 0 Å². The minimum absolute atomic E-state index is 0.158. The van der Waals surface area contributed by atoms with Gasteiger partial charge in [0.1, 0.15) is 0 Å². The van der Waals surface area contributed by atoms with Gasteiger partial charge in [-0.25, -0.2) is 0 Å². The van der Waals surface area contributed by atoms with Crippen LogP contribution in [0.3, 0.4) is 0 Å². The van der Waals surface area contributed by atoms with Crippen molar-refractivity contribution in [1.29, 1.82) is 0 Å². The summed E-state index contributed by atoms with van der Waals surface area (Å²) < 4.78 is 1.59. The van der Waals surface area contributed by atoms with Gasteiger partial charge in [-0.05, 0) is 17.7 Å². The van der Waals surface area contributed by atoms with Gasteiger partial charge in [0, 0.05) is 12.6 Å². The van der Waals surface area contributed by atoms with Crippen LogP contribution in [-0.2, 0) is 13.2 Å². The van der Waals surface area contributed by atoms with Crippen LogP contribution in [0.5, 0.6) is 0 Å². The minimum Gasteiger partial charge on any atom is -0.391 e. The molecule has 0 aromatic carbocycles. The largest absolute Gasteiger partial charge is 0.391 e. The number of aromatic nitrogens is 1. The van der Waals surface area contributed by atoms with E-state index in [0.717, 1.165) is 17.0 Å². The van der Waals surface area contributed by atoms with Crippen molar-refractivity contribution < 1.29 is 5.11 Å². The molecule has 0 saturated heterocycles. The summed E-state index contributed by atoms with van der Waals surface area (Å²) >= 11 is 0. The number of aliphatic hydroxyl groups is 1. The molecule has 1 N–H and O–H groups in total. The molecule has 0 saturated carbocycles. The number of hydrogen-bond donors (Lipinski definition) is 1. The molecule has 2 heterocycles. The van der Waals surface area contributed by atoms with Crippen molar-refractivity contribution in [1.82, 2.24) is 4.57 Å². The number of aliphatic hydroxyl groups excluding tert-OH is 1. The van der Waals surface area contributed by atoms with Crippen LogP contribution in [0.1, 0.15) is 11.3 Å². The highest BCUT2D eigenvalue weighted by Crippen LogP contribution is 2.17. The predicted octanol–water partition coefficient (Wildman–Crippen LogP) is 0.329. The molecule has 1 aromatic heterocycles. The summed E-state index contributed by atoms with van der Waals surface area (Å²) in [6.07, 6.45) is 0. The third-order valence-electron chi connectivity index (χ3n) is 2.57. The molecular weight excluding hydrogens is 192 g/mol. The molecule has 4 heteroatoms. The van der Waals surface area contributed by atoms with E-state index in [1.54, 1.807) is 23.7 Å². The first kappa shape index (κ1) is 9.86. The highest BCUT2D eigenvalue weighted by molar-refractivity contribution is 6.13. The summed E-state index contributed by atoms with van der Waals surface area (Å²) in [5, 5.41) is 8.97. The van der Waals surface area contributed by atoms with Gasteiger partial charge in [0.15, 0.2) is 0 Å². The number of fused-ring (bicyclic) bond motifs is 1. The molecule has 0 spiro atoms. The summed E-state index contributed by atoms with van der Waals surface area (Å²) in [5.41, 5.74) is 2.64. The number of allylic oxidation sites excluding steroid dienone is 1. The van der Waals surface area contributed by atoms with Gasteiger partial charge in [0.2, 0.25) is 0 Å². The number of hydrogen-bond acceptors (Lipinski definition) is 3. The van der Waals surface area contributed by atoms with Crippen LogP contribution in [0, 0.1) is 0 Å². The Morgan fingerprint density at radius 2 is 2.33 bits per heavy atom. The fraction of sp³-hybridized carbons (Fsp3) is 0.273. The Hall–Kier alpha value is -1.68. The van der Waals surface area contributed by atoms with E-state index in [9.17, 15) is 4.79 Å². The summed E-state index contributed by atoms with van der Waals surface area (Å²) in [7, 11) is 1.68. The van der Waals surface area contributed by atoms with Gasteiger partial charge in [0.25, 0.3) is 5.56 Å². The predicted molar refractivity (Wildman–Crippen MR) is 58.2 cm³/mol. The van der Waals surface area contributed by atoms with Crippen LogP contribution in [0.2, 0.25) is 0 Å². The average molecular weight is 204 g/mol. The first-order valence-electron chi connectivity index (χ1n) is 4.68. The lowest BCUT2D eigenvalue weighted by Crippen LogP contribution is -2.23. The Morgan fingerprint density at radius 3 is 2.93 bits per heavy atom. The van der Waals surface area contributed by atoms with Gasteiger partial charge >= 0.3 is 0 Å². The van der Waals surface area contributed by atoms with Crippen molar-refractivity contribution in [2.75, 3.05) is 7.05 Å². The summed E-state index contributed by atoms with van der Waals surface area (Å²) in [4.78, 5) is 15.9. The molecule has 0 atom stereocenters. The van der Waals surface area contributed by atoms with E-state index in [0.29, 0.717) is 12.1 Å². The second-order valence-corrected chi connectivity index (χ2v) is 3.47. The monoisotopic (exact) mass is 204 g/mol. The Kier molecular flexibility index (Phi) is 2.28. The lowest BCUT2D eigenvalue weighted by Gasteiger charge is -2.03. The van der Waals surface area contributed by atoms with E-state index in [1.807, 2.05) is 0 Å². The topological polar surface area (TPSA) is 54.6 Å². The third-order valence-corrected chi connectivity index (χ3v) is 2.57. The van der Waals surface area contributed by atoms with E-state index in [2.05, 4.69) is 11.6 Å². The summed E-state index contributed by atoms with van der Waals surface area (Å²) in [6.45, 7) is 4.10. The minimum atomic E-state index is -0.232. The zero-order valence-corrected chi connectivity index (χ0v) is 8.53. The summed E-state index contributed by atoms with van der Waals surface area (Å²) in [5.74, 6) is 0. The average Bonchev–Trinajstić information content (AvgIpc) is 2.56. The van der Waals surface area contributed by atoms with Gasteiger partial charge in [-0.15, -0.1) is 0 Å². The van der Waals surface area contributed by atoms with Crippen molar-refractivity contribution in [3.8, 4) is 0 Å². The van der Waals surface area contributed by atoms with Gasteiger partial charge in [0.05, 0.1) is 24.6 Å². The molecule has 4 nitrogen and oxygen atoms in total. The number of nitrogens with zero attached hydrogens (tertiary/aromatic N) is 2. The zero-order valence-electron chi connectivity index (χ0n) is 8.53. The van der Waals surface area contributed by atoms with E-state index >= 15 is 0 Å². The maximum Gasteiger partial charge on any atom is 0.256 e. The summed E-state index contributed by atoms with van der Waals surface area (Å²) in [6, 6.07) is 3.44. The van der Waals surface area contributed by atoms with Crippen molar-refractivity contribution >= 4 is 5.71 Å². The Labute approximate surface area is 87.2 Å². The van der Waals surface area contributed by atoms with Crippen molar-refractivity contribution in [2.45, 2.75) is 13.2 Å². The van der Waals surface area contributed by atoms with Crippen LogP contribution in [0.25, 0.3) is 0 Å². The Morgan fingerprint density at radius 1 is 1.60 bits per heavy atom. The normalized spacial score (nSPS) is 17.2. The fourth-order valence-electron chi connectivity index (χ4n) is 1.83. The molecule has 1 aliphatic heterocycles. The molecule has 0 aliphatic carbocycles. The zero-order chi connectivity index (χ0) is 11.0. The van der Waals surface area contributed by atoms with Gasteiger partial charge in [-0.3, -0.25) is 9.79 Å². The van der Waals surface area contributed by atoms with Crippen molar-refractivity contribution in [3.05, 3.63) is 45.9 Å². The van der Waals surface area contributed by atoms with Gasteiger partial charge in [-0.2, -0.15) is 0 Å². The molecule has 0 bridgehead atoms. The van der Waals surface area contributed by atoms with Crippen LogP contribution in [-0.4, -0.2) is 22.4 Å². The maximum absolute atomic E-state index is 11.8. The lowest BCUT2D eigenvalue weighted by molar-refractivity contribution is 0.279. The molecule has 78 valence electrons. The van der Waals surface area contributed by atoms with E-state index in [4.69, 9.17) is 5.11 Å². The lowest BCUT2D eigenvalue weighted by atomic mass is 10.1. The Bertz CT molecular complexity index is 512. The first-order valence-corrected chi connectivity index (χ1v) is 4.68. The molecule has 1 aromatic rings. The maximum atomic E-state index is 11.8. The number of aliphatic imine (C=N–C) groups is 1. The first-order chi connectivity index (χ1) is 7.19. The quantitative estimate of drug-likeness (QED) is 0.716. The third kappa shape index (κ3) is 1.34. The SMILES string of the molecule is C=C1Cn2c(ccc(CO)c2=O)C1=NC. The fourth-order valence-corrected chi connectivity index (χ4v) is 1.83. The highest BCUT2D eigenvalue weighted by Gasteiger charge is 2.22. The molecule has 0 radical (unpaired) electrons. The number of rotatable bonds is 1. The van der Waals surface area contributed by atoms with Gasteiger partial charge in [-0.1, -0.05) is 6.58 Å². The van der Waals surface area contributed by atoms with Crippen LogP contribution < -0.4 is 5.56 Å². The molecule has 15 heavy (non-hydrogen) atoms. The van der Waals surface area contributed by atoms with Crippen molar-refractivity contribution in [3.63, 3.8) is 0 Å². The highest BCUT2D eigenvalue weighted by atomic mass is 16.3. The molecule has 0 amide bonds. The molecule has 0 unspecified atom stereocenters. The second kappa shape index (κ2) is 3.47. The number of pyridine rings is 1. The van der Waals surface area contributed by atoms with E-state index < -0.39 is 0 Å². The molecule has 1 aliphatic rings. The smallest absolute Gasteiger partial charge is 0.256 e. The molecule has 2 rings (SSSR count). The standard InChI is InChI=1S/C11H12N2O2/c1-7-5-13-9(10(7)12-2)4-3-8(6-14)11(13)15/h3-4,14H,1,5-6H2,2H3. The van der Waals surface area contributed by atoms with Crippen LogP contribution in [0.4, 0.5) is 0 Å². The van der Waals surface area contributed by atoms with E-state index in [1.165, 1.54) is 0 Å². The van der Waals surface area contributed by atoms with Crippen molar-refractivity contribution in [2.24, 2.45) is 4.99 Å². The van der Waals surface area contributed by atoms with E-state index in [-0.39, 0.29) is 12.2 Å². The molecular formula is C11H12N2O2. The van der Waals surface area contributed by atoms with Crippen LogP contribution in [0.15, 0.2) is 34.1 Å². The molecule has 0 fully saturated rings. The van der Waals surface area contributed by atoms with Gasteiger partial charge < -0.3 is 9.67 Å². The Balaban J connectivity index is 2.70. The second-order valence-electron chi connectivity index (χ2n) is 3.47.